The first kappa shape index (κ1) is 16.4. The lowest BCUT2D eigenvalue weighted by atomic mass is 9.98. The predicted octanol–water partition coefficient (Wildman–Crippen LogP) is 4.76. The monoisotopic (exact) mass is 312 g/mol. The summed E-state index contributed by atoms with van der Waals surface area (Å²) in [7, 11) is 0. The van der Waals surface area contributed by atoms with E-state index in [0.29, 0.717) is 18.5 Å². The summed E-state index contributed by atoms with van der Waals surface area (Å²) in [6, 6.07) is 6.88. The van der Waals surface area contributed by atoms with Crippen molar-refractivity contribution in [1.82, 2.24) is 9.97 Å². The molecule has 0 fully saturated rings. The summed E-state index contributed by atoms with van der Waals surface area (Å²) in [5.74, 6) is -0.567. The van der Waals surface area contributed by atoms with Gasteiger partial charge in [-0.2, -0.15) is 17.6 Å². The number of hydrogen-bond acceptors (Lipinski definition) is 2. The molecule has 2 aromatic rings. The number of pyridine rings is 2. The SMILES string of the molecule is CC(CCCc1ncccc1C(F)(F)F)c1cccc(F)n1. The van der Waals surface area contributed by atoms with E-state index in [1.807, 2.05) is 6.92 Å². The van der Waals surface area contributed by atoms with Gasteiger partial charge < -0.3 is 0 Å². The highest BCUT2D eigenvalue weighted by Gasteiger charge is 2.33. The van der Waals surface area contributed by atoms with E-state index in [0.717, 1.165) is 6.07 Å². The van der Waals surface area contributed by atoms with Crippen LogP contribution >= 0.6 is 0 Å². The van der Waals surface area contributed by atoms with Gasteiger partial charge in [-0.25, -0.2) is 4.98 Å². The summed E-state index contributed by atoms with van der Waals surface area (Å²) in [6.07, 6.45) is -1.65. The van der Waals surface area contributed by atoms with Gasteiger partial charge in [-0.3, -0.25) is 4.98 Å². The first-order valence-electron chi connectivity index (χ1n) is 7.01. The van der Waals surface area contributed by atoms with Gasteiger partial charge in [0.1, 0.15) is 0 Å². The third-order valence-electron chi connectivity index (χ3n) is 3.49. The molecule has 6 heteroatoms. The molecule has 0 saturated heterocycles. The lowest BCUT2D eigenvalue weighted by molar-refractivity contribution is -0.138. The van der Waals surface area contributed by atoms with Gasteiger partial charge in [0, 0.05) is 11.9 Å². The maximum Gasteiger partial charge on any atom is 0.418 e. The fourth-order valence-corrected chi connectivity index (χ4v) is 2.32. The molecule has 2 rings (SSSR count). The molecule has 0 aliphatic heterocycles. The van der Waals surface area contributed by atoms with E-state index in [-0.39, 0.29) is 18.0 Å². The lowest BCUT2D eigenvalue weighted by Crippen LogP contribution is -2.11. The molecular weight excluding hydrogens is 296 g/mol. The summed E-state index contributed by atoms with van der Waals surface area (Å²) in [4.78, 5) is 7.63. The molecule has 1 atom stereocenters. The molecule has 0 aliphatic rings. The average Bonchev–Trinajstić information content (AvgIpc) is 2.46. The number of alkyl halides is 3. The molecule has 118 valence electrons. The van der Waals surface area contributed by atoms with Crippen molar-refractivity contribution in [2.45, 2.75) is 38.3 Å². The van der Waals surface area contributed by atoms with Gasteiger partial charge in [-0.05, 0) is 49.4 Å². The molecule has 0 N–H and O–H groups in total. The quantitative estimate of drug-likeness (QED) is 0.587. The molecule has 0 radical (unpaired) electrons. The van der Waals surface area contributed by atoms with Crippen LogP contribution in [0.3, 0.4) is 0 Å². The van der Waals surface area contributed by atoms with Crippen LogP contribution in [0.15, 0.2) is 36.5 Å². The molecule has 0 aromatic carbocycles. The van der Waals surface area contributed by atoms with E-state index in [1.165, 1.54) is 18.3 Å². The number of hydrogen-bond donors (Lipinski definition) is 0. The number of nitrogens with zero attached hydrogens (tertiary/aromatic N) is 2. The summed E-state index contributed by atoms with van der Waals surface area (Å²) in [6.45, 7) is 1.88. The van der Waals surface area contributed by atoms with E-state index >= 15 is 0 Å². The predicted molar refractivity (Wildman–Crippen MR) is 74.8 cm³/mol. The highest BCUT2D eigenvalue weighted by Crippen LogP contribution is 2.32. The Labute approximate surface area is 126 Å². The van der Waals surface area contributed by atoms with Gasteiger partial charge in [0.25, 0.3) is 0 Å². The summed E-state index contributed by atoms with van der Waals surface area (Å²) in [5.41, 5.74) is -0.0296. The molecule has 2 nitrogen and oxygen atoms in total. The molecular formula is C16H16F4N2. The van der Waals surface area contributed by atoms with Crippen molar-refractivity contribution in [3.05, 3.63) is 59.4 Å². The number of aryl methyl sites for hydroxylation is 1. The van der Waals surface area contributed by atoms with Crippen molar-refractivity contribution >= 4 is 0 Å². The van der Waals surface area contributed by atoms with Crippen molar-refractivity contribution in [3.63, 3.8) is 0 Å². The standard InChI is InChI=1S/C16H16F4N2/c1-11(13-7-3-9-15(17)22-13)5-2-8-14-12(16(18,19)20)6-4-10-21-14/h3-4,6-7,9-11H,2,5,8H2,1H3. The van der Waals surface area contributed by atoms with Crippen molar-refractivity contribution in [3.8, 4) is 0 Å². The van der Waals surface area contributed by atoms with Crippen LogP contribution in [0.2, 0.25) is 0 Å². The smallest absolute Gasteiger partial charge is 0.261 e. The molecule has 2 aromatic heterocycles. The number of halogens is 4. The number of aromatic nitrogens is 2. The van der Waals surface area contributed by atoms with Crippen LogP contribution in [-0.4, -0.2) is 9.97 Å². The largest absolute Gasteiger partial charge is 0.418 e. The third-order valence-corrected chi connectivity index (χ3v) is 3.49. The Hall–Kier alpha value is -1.98. The van der Waals surface area contributed by atoms with Crippen LogP contribution in [0, 0.1) is 5.95 Å². The fraction of sp³-hybridized carbons (Fsp3) is 0.375. The second-order valence-corrected chi connectivity index (χ2v) is 5.17. The van der Waals surface area contributed by atoms with Crippen molar-refractivity contribution in [2.24, 2.45) is 0 Å². The van der Waals surface area contributed by atoms with E-state index in [4.69, 9.17) is 0 Å². The van der Waals surface area contributed by atoms with E-state index in [9.17, 15) is 17.6 Å². The number of rotatable bonds is 5. The van der Waals surface area contributed by atoms with Gasteiger partial charge in [0.15, 0.2) is 0 Å². The summed E-state index contributed by atoms with van der Waals surface area (Å²) >= 11 is 0. The van der Waals surface area contributed by atoms with Crippen LogP contribution in [0.25, 0.3) is 0 Å². The van der Waals surface area contributed by atoms with Crippen LogP contribution in [0.5, 0.6) is 0 Å². The summed E-state index contributed by atoms with van der Waals surface area (Å²) < 4.78 is 51.6. The minimum Gasteiger partial charge on any atom is -0.261 e. The highest BCUT2D eigenvalue weighted by molar-refractivity contribution is 5.23. The first-order valence-corrected chi connectivity index (χ1v) is 7.01. The zero-order chi connectivity index (χ0) is 16.2. The Balaban J connectivity index is 1.97. The molecule has 1 unspecified atom stereocenters. The van der Waals surface area contributed by atoms with Crippen molar-refractivity contribution in [2.75, 3.05) is 0 Å². The Bertz CT molecular complexity index is 626. The third kappa shape index (κ3) is 4.26. The normalized spacial score (nSPS) is 13.1. The minimum absolute atomic E-state index is 0.0197. The zero-order valence-electron chi connectivity index (χ0n) is 12.1. The Kier molecular flexibility index (Phi) is 5.11. The summed E-state index contributed by atoms with van der Waals surface area (Å²) in [5, 5.41) is 0. The van der Waals surface area contributed by atoms with E-state index in [1.54, 1.807) is 12.1 Å². The van der Waals surface area contributed by atoms with Crippen LogP contribution in [-0.2, 0) is 12.6 Å². The molecule has 22 heavy (non-hydrogen) atoms. The lowest BCUT2D eigenvalue weighted by Gasteiger charge is -2.13. The maximum absolute atomic E-state index is 13.1. The highest BCUT2D eigenvalue weighted by atomic mass is 19.4. The van der Waals surface area contributed by atoms with Crippen molar-refractivity contribution in [1.29, 1.82) is 0 Å². The zero-order valence-corrected chi connectivity index (χ0v) is 12.1. The second-order valence-electron chi connectivity index (χ2n) is 5.17. The van der Waals surface area contributed by atoms with Gasteiger partial charge in [0.05, 0.1) is 11.3 Å². The van der Waals surface area contributed by atoms with E-state index in [2.05, 4.69) is 9.97 Å². The first-order chi connectivity index (χ1) is 10.4. The van der Waals surface area contributed by atoms with Gasteiger partial charge in [-0.15, -0.1) is 0 Å². The van der Waals surface area contributed by atoms with Gasteiger partial charge in [-0.1, -0.05) is 13.0 Å². The van der Waals surface area contributed by atoms with Crippen LogP contribution in [0.4, 0.5) is 17.6 Å². The van der Waals surface area contributed by atoms with E-state index < -0.39 is 17.7 Å². The maximum atomic E-state index is 13.1. The van der Waals surface area contributed by atoms with Crippen LogP contribution < -0.4 is 0 Å². The molecule has 0 aliphatic carbocycles. The average molecular weight is 312 g/mol. The van der Waals surface area contributed by atoms with Gasteiger partial charge >= 0.3 is 6.18 Å². The topological polar surface area (TPSA) is 25.8 Å². The Morgan fingerprint density at radius 3 is 2.59 bits per heavy atom. The molecule has 0 amide bonds. The van der Waals surface area contributed by atoms with Gasteiger partial charge in [0.2, 0.25) is 5.95 Å². The Morgan fingerprint density at radius 2 is 1.91 bits per heavy atom. The molecule has 2 heterocycles. The molecule has 0 bridgehead atoms. The minimum atomic E-state index is -4.39. The molecule has 0 saturated carbocycles. The van der Waals surface area contributed by atoms with Crippen molar-refractivity contribution < 1.29 is 17.6 Å². The Morgan fingerprint density at radius 1 is 1.14 bits per heavy atom. The fourth-order valence-electron chi connectivity index (χ4n) is 2.32. The van der Waals surface area contributed by atoms with Crippen LogP contribution in [0.1, 0.15) is 42.6 Å². The second kappa shape index (κ2) is 6.85. The molecule has 0 spiro atoms.